The van der Waals surface area contributed by atoms with Crippen LogP contribution in [-0.2, 0) is 11.3 Å². The Kier molecular flexibility index (Phi) is 5.22. The van der Waals surface area contributed by atoms with Crippen molar-refractivity contribution in [2.24, 2.45) is 5.41 Å². The molecule has 2 saturated heterocycles. The predicted octanol–water partition coefficient (Wildman–Crippen LogP) is -0.240. The van der Waals surface area contributed by atoms with E-state index < -0.39 is 0 Å². The Labute approximate surface area is 136 Å². The van der Waals surface area contributed by atoms with Crippen LogP contribution in [0.1, 0.15) is 32.1 Å². The highest BCUT2D eigenvalue weighted by molar-refractivity contribution is 5.77. The van der Waals surface area contributed by atoms with Crippen molar-refractivity contribution in [1.82, 2.24) is 30.0 Å². The molecule has 0 saturated carbocycles. The molecular formula is C15H26N6O2. The van der Waals surface area contributed by atoms with Crippen molar-refractivity contribution in [3.8, 4) is 0 Å². The number of tetrazole rings is 1. The first-order valence-corrected chi connectivity index (χ1v) is 8.53. The summed E-state index contributed by atoms with van der Waals surface area (Å²) < 4.78 is 1.77. The molecule has 0 aliphatic carbocycles. The SMILES string of the molecule is O=C1CCC2(CCN(CCCn3cnnn3)CC2)CN1CCO. The molecule has 1 N–H and O–H groups in total. The van der Waals surface area contributed by atoms with Crippen molar-refractivity contribution in [3.05, 3.63) is 6.33 Å². The third kappa shape index (κ3) is 4.06. The van der Waals surface area contributed by atoms with Crippen molar-refractivity contribution in [1.29, 1.82) is 0 Å². The van der Waals surface area contributed by atoms with Crippen LogP contribution in [0, 0.1) is 5.41 Å². The quantitative estimate of drug-likeness (QED) is 0.778. The number of amides is 1. The number of piperidine rings is 2. The lowest BCUT2D eigenvalue weighted by Gasteiger charge is -2.47. The van der Waals surface area contributed by atoms with Crippen molar-refractivity contribution >= 4 is 5.91 Å². The van der Waals surface area contributed by atoms with E-state index in [-0.39, 0.29) is 17.9 Å². The average molecular weight is 322 g/mol. The van der Waals surface area contributed by atoms with Crippen LogP contribution in [0.3, 0.4) is 0 Å². The number of aliphatic hydroxyl groups excluding tert-OH is 1. The van der Waals surface area contributed by atoms with E-state index in [9.17, 15) is 4.79 Å². The average Bonchev–Trinajstić information content (AvgIpc) is 3.07. The zero-order chi connectivity index (χ0) is 16.1. The minimum atomic E-state index is 0.0606. The van der Waals surface area contributed by atoms with E-state index in [2.05, 4.69) is 20.4 Å². The van der Waals surface area contributed by atoms with Crippen molar-refractivity contribution in [3.63, 3.8) is 0 Å². The standard InChI is InChI=1S/C15H26N6O2/c22-11-10-20-12-15(3-2-14(20)23)4-8-19(9-5-15)6-1-7-21-13-16-17-18-21/h13,22H,1-12H2. The summed E-state index contributed by atoms with van der Waals surface area (Å²) in [5.41, 5.74) is 0.273. The monoisotopic (exact) mass is 322 g/mol. The fourth-order valence-electron chi connectivity index (χ4n) is 3.82. The Morgan fingerprint density at radius 2 is 2.00 bits per heavy atom. The highest BCUT2D eigenvalue weighted by atomic mass is 16.3. The summed E-state index contributed by atoms with van der Waals surface area (Å²) in [6, 6.07) is 0. The molecule has 3 rings (SSSR count). The molecule has 0 unspecified atom stereocenters. The number of rotatable bonds is 6. The minimum absolute atomic E-state index is 0.0606. The molecule has 2 aliphatic rings. The second-order valence-electron chi connectivity index (χ2n) is 6.81. The number of hydrogen-bond donors (Lipinski definition) is 1. The summed E-state index contributed by atoms with van der Waals surface area (Å²) >= 11 is 0. The zero-order valence-electron chi connectivity index (χ0n) is 13.6. The smallest absolute Gasteiger partial charge is 0.222 e. The van der Waals surface area contributed by atoms with Crippen LogP contribution >= 0.6 is 0 Å². The Hall–Kier alpha value is -1.54. The fraction of sp³-hybridized carbons (Fsp3) is 0.867. The maximum Gasteiger partial charge on any atom is 0.222 e. The molecule has 2 aliphatic heterocycles. The minimum Gasteiger partial charge on any atom is -0.395 e. The molecule has 1 aromatic heterocycles. The number of β-amino-alcohol motifs (C(OH)–C–C–N with tert-alkyl or cyclic N) is 1. The highest BCUT2D eigenvalue weighted by Crippen LogP contribution is 2.40. The van der Waals surface area contributed by atoms with Crippen LogP contribution in [0.2, 0.25) is 0 Å². The molecule has 23 heavy (non-hydrogen) atoms. The molecule has 128 valence electrons. The van der Waals surface area contributed by atoms with Gasteiger partial charge in [0.05, 0.1) is 6.61 Å². The molecule has 0 bridgehead atoms. The summed E-state index contributed by atoms with van der Waals surface area (Å²) in [5, 5.41) is 20.3. The van der Waals surface area contributed by atoms with E-state index in [0.29, 0.717) is 13.0 Å². The van der Waals surface area contributed by atoms with Gasteiger partial charge >= 0.3 is 0 Å². The molecular weight excluding hydrogens is 296 g/mol. The first kappa shape index (κ1) is 16.3. The fourth-order valence-corrected chi connectivity index (χ4v) is 3.82. The number of hydrogen-bond acceptors (Lipinski definition) is 6. The van der Waals surface area contributed by atoms with E-state index >= 15 is 0 Å². The van der Waals surface area contributed by atoms with Crippen LogP contribution in [-0.4, -0.2) is 80.4 Å². The number of aryl methyl sites for hydroxylation is 1. The third-order valence-corrected chi connectivity index (χ3v) is 5.29. The van der Waals surface area contributed by atoms with Crippen LogP contribution in [0.4, 0.5) is 0 Å². The van der Waals surface area contributed by atoms with Gasteiger partial charge in [-0.15, -0.1) is 5.10 Å². The first-order valence-electron chi connectivity index (χ1n) is 8.53. The van der Waals surface area contributed by atoms with Gasteiger partial charge in [-0.1, -0.05) is 0 Å². The summed E-state index contributed by atoms with van der Waals surface area (Å²) in [5.74, 6) is 0.202. The maximum absolute atomic E-state index is 11.9. The van der Waals surface area contributed by atoms with Crippen molar-refractivity contribution in [2.75, 3.05) is 39.3 Å². The number of nitrogens with zero attached hydrogens (tertiary/aromatic N) is 6. The summed E-state index contributed by atoms with van der Waals surface area (Å²) in [4.78, 5) is 16.3. The van der Waals surface area contributed by atoms with Gasteiger partial charge < -0.3 is 14.9 Å². The summed E-state index contributed by atoms with van der Waals surface area (Å²) in [7, 11) is 0. The molecule has 0 radical (unpaired) electrons. The maximum atomic E-state index is 11.9. The summed E-state index contributed by atoms with van der Waals surface area (Å²) in [6.45, 7) is 5.47. The van der Waals surface area contributed by atoms with Gasteiger partial charge in [0.1, 0.15) is 6.33 Å². The van der Waals surface area contributed by atoms with E-state index in [0.717, 1.165) is 58.4 Å². The number of likely N-dealkylation sites (tertiary alicyclic amines) is 2. The molecule has 3 heterocycles. The Bertz CT molecular complexity index is 498. The van der Waals surface area contributed by atoms with Gasteiger partial charge in [0.25, 0.3) is 0 Å². The largest absolute Gasteiger partial charge is 0.395 e. The van der Waals surface area contributed by atoms with Crippen LogP contribution in [0.15, 0.2) is 6.33 Å². The number of carbonyl (C=O) groups is 1. The molecule has 8 nitrogen and oxygen atoms in total. The van der Waals surface area contributed by atoms with Crippen molar-refractivity contribution in [2.45, 2.75) is 38.6 Å². The molecule has 8 heteroatoms. The predicted molar refractivity (Wildman–Crippen MR) is 83.4 cm³/mol. The molecule has 2 fully saturated rings. The van der Waals surface area contributed by atoms with Crippen LogP contribution in [0.25, 0.3) is 0 Å². The van der Waals surface area contributed by atoms with E-state index in [1.165, 1.54) is 0 Å². The van der Waals surface area contributed by atoms with Crippen LogP contribution in [0.5, 0.6) is 0 Å². The van der Waals surface area contributed by atoms with Gasteiger partial charge in [-0.3, -0.25) is 4.79 Å². The Morgan fingerprint density at radius 3 is 2.70 bits per heavy atom. The van der Waals surface area contributed by atoms with E-state index in [1.54, 1.807) is 11.0 Å². The van der Waals surface area contributed by atoms with Crippen LogP contribution < -0.4 is 0 Å². The Balaban J connectivity index is 1.43. The van der Waals surface area contributed by atoms with Gasteiger partial charge in [0.15, 0.2) is 0 Å². The van der Waals surface area contributed by atoms with Gasteiger partial charge in [-0.05, 0) is 61.2 Å². The third-order valence-electron chi connectivity index (χ3n) is 5.29. The van der Waals surface area contributed by atoms with Crippen molar-refractivity contribution < 1.29 is 9.90 Å². The first-order chi connectivity index (χ1) is 11.2. The lowest BCUT2D eigenvalue weighted by Crippen LogP contribution is -2.52. The Morgan fingerprint density at radius 1 is 1.17 bits per heavy atom. The number of carbonyl (C=O) groups excluding carboxylic acids is 1. The summed E-state index contributed by atoms with van der Waals surface area (Å²) in [6.07, 6.45) is 6.64. The molecule has 0 aromatic carbocycles. The zero-order valence-corrected chi connectivity index (χ0v) is 13.6. The normalized spacial score (nSPS) is 22.0. The second kappa shape index (κ2) is 7.35. The van der Waals surface area contributed by atoms with E-state index in [4.69, 9.17) is 5.11 Å². The highest BCUT2D eigenvalue weighted by Gasteiger charge is 2.40. The number of aromatic nitrogens is 4. The van der Waals surface area contributed by atoms with Gasteiger partial charge in [0.2, 0.25) is 5.91 Å². The van der Waals surface area contributed by atoms with Gasteiger partial charge in [-0.2, -0.15) is 0 Å². The molecule has 0 atom stereocenters. The topological polar surface area (TPSA) is 87.4 Å². The molecule has 1 aromatic rings. The molecule has 1 spiro atoms. The second-order valence-corrected chi connectivity index (χ2v) is 6.81. The van der Waals surface area contributed by atoms with E-state index in [1.807, 2.05) is 4.90 Å². The molecule has 1 amide bonds. The van der Waals surface area contributed by atoms with Gasteiger partial charge in [-0.25, -0.2) is 4.68 Å². The lowest BCUT2D eigenvalue weighted by molar-refractivity contribution is -0.139. The lowest BCUT2D eigenvalue weighted by atomic mass is 9.72. The van der Waals surface area contributed by atoms with Gasteiger partial charge in [0, 0.05) is 26.1 Å². The number of aliphatic hydroxyl groups is 1.